The Labute approximate surface area is 148 Å². The summed E-state index contributed by atoms with van der Waals surface area (Å²) in [6.45, 7) is 6.25. The van der Waals surface area contributed by atoms with Crippen LogP contribution in [-0.2, 0) is 9.59 Å². The lowest BCUT2D eigenvalue weighted by Crippen LogP contribution is -2.39. The van der Waals surface area contributed by atoms with Gasteiger partial charge in [0.05, 0.1) is 0 Å². The van der Waals surface area contributed by atoms with E-state index in [2.05, 4.69) is 5.32 Å². The van der Waals surface area contributed by atoms with Crippen molar-refractivity contribution in [2.45, 2.75) is 20.8 Å². The summed E-state index contributed by atoms with van der Waals surface area (Å²) in [5.74, 6) is 0.382. The van der Waals surface area contributed by atoms with Gasteiger partial charge in [-0.2, -0.15) is 0 Å². The van der Waals surface area contributed by atoms with Gasteiger partial charge in [-0.1, -0.05) is 35.9 Å². The molecule has 0 fully saturated rings. The lowest BCUT2D eigenvalue weighted by atomic mass is 10.1. The Morgan fingerprint density at radius 2 is 1.80 bits per heavy atom. The average molecular weight is 340 g/mol. The third kappa shape index (κ3) is 5.64. The van der Waals surface area contributed by atoms with Crippen molar-refractivity contribution >= 4 is 17.5 Å². The molecule has 0 atom stereocenters. The summed E-state index contributed by atoms with van der Waals surface area (Å²) in [5, 5.41) is 2.78. The third-order valence-corrected chi connectivity index (χ3v) is 3.79. The highest BCUT2D eigenvalue weighted by Crippen LogP contribution is 2.21. The van der Waals surface area contributed by atoms with Gasteiger partial charge in [0.2, 0.25) is 5.91 Å². The van der Waals surface area contributed by atoms with E-state index in [1.807, 2.05) is 50.2 Å². The number of nitrogens with zero attached hydrogens (tertiary/aromatic N) is 1. The predicted molar refractivity (Wildman–Crippen MR) is 98.9 cm³/mol. The van der Waals surface area contributed by atoms with Crippen LogP contribution in [0.25, 0.3) is 0 Å². The molecule has 0 bridgehead atoms. The lowest BCUT2D eigenvalue weighted by molar-refractivity contribution is -0.123. The number of rotatable bonds is 7. The molecule has 5 heteroatoms. The van der Waals surface area contributed by atoms with Crippen LogP contribution in [0.4, 0.5) is 5.69 Å². The molecule has 2 rings (SSSR count). The zero-order valence-corrected chi connectivity index (χ0v) is 14.9. The standard InChI is InChI=1S/C20H24N2O3/c1-15-9-10-19(16(2)13-15)22(17(3)23)12-11-21-20(24)14-25-18-7-5-4-6-8-18/h4-10,13H,11-12,14H2,1-3H3,(H,21,24). The van der Waals surface area contributed by atoms with Gasteiger partial charge in [0.15, 0.2) is 6.61 Å². The molecule has 0 unspecified atom stereocenters. The molecule has 0 saturated carbocycles. The quantitative estimate of drug-likeness (QED) is 0.843. The second-order valence-corrected chi connectivity index (χ2v) is 5.91. The molecule has 0 aliphatic heterocycles. The number of aryl methyl sites for hydroxylation is 2. The monoisotopic (exact) mass is 340 g/mol. The summed E-state index contributed by atoms with van der Waals surface area (Å²) in [6, 6.07) is 15.1. The summed E-state index contributed by atoms with van der Waals surface area (Å²) in [6.07, 6.45) is 0. The number of hydrogen-bond acceptors (Lipinski definition) is 3. The molecule has 0 spiro atoms. The minimum absolute atomic E-state index is 0.0480. The van der Waals surface area contributed by atoms with Crippen molar-refractivity contribution in [2.24, 2.45) is 0 Å². The van der Waals surface area contributed by atoms with Gasteiger partial charge in [0.25, 0.3) is 5.91 Å². The Hall–Kier alpha value is -2.82. The van der Waals surface area contributed by atoms with Crippen LogP contribution in [0.5, 0.6) is 5.75 Å². The Kier molecular flexibility index (Phi) is 6.57. The first kappa shape index (κ1) is 18.5. The number of amides is 2. The normalized spacial score (nSPS) is 10.2. The van der Waals surface area contributed by atoms with Gasteiger partial charge in [0, 0.05) is 25.7 Å². The summed E-state index contributed by atoms with van der Waals surface area (Å²) in [5.41, 5.74) is 3.05. The van der Waals surface area contributed by atoms with Crippen molar-refractivity contribution in [3.8, 4) is 5.75 Å². The number of anilines is 1. The number of hydrogen-bond donors (Lipinski definition) is 1. The summed E-state index contributed by atoms with van der Waals surface area (Å²) in [4.78, 5) is 25.5. The minimum atomic E-state index is -0.215. The van der Waals surface area contributed by atoms with E-state index in [1.165, 1.54) is 6.92 Å². The first-order chi connectivity index (χ1) is 12.0. The summed E-state index contributed by atoms with van der Waals surface area (Å²) in [7, 11) is 0. The van der Waals surface area contributed by atoms with Gasteiger partial charge in [-0.25, -0.2) is 0 Å². The van der Waals surface area contributed by atoms with Gasteiger partial charge in [-0.3, -0.25) is 9.59 Å². The van der Waals surface area contributed by atoms with E-state index >= 15 is 0 Å². The van der Waals surface area contributed by atoms with Crippen molar-refractivity contribution in [3.63, 3.8) is 0 Å². The Bertz CT molecular complexity index is 729. The Balaban J connectivity index is 1.85. The fraction of sp³-hybridized carbons (Fsp3) is 0.300. The van der Waals surface area contributed by atoms with Gasteiger partial charge in [-0.05, 0) is 37.6 Å². The second kappa shape index (κ2) is 8.87. The highest BCUT2D eigenvalue weighted by molar-refractivity contribution is 5.92. The summed E-state index contributed by atoms with van der Waals surface area (Å²) >= 11 is 0. The van der Waals surface area contributed by atoms with Crippen LogP contribution in [0, 0.1) is 13.8 Å². The van der Waals surface area contributed by atoms with E-state index in [1.54, 1.807) is 17.0 Å². The first-order valence-corrected chi connectivity index (χ1v) is 8.27. The van der Waals surface area contributed by atoms with E-state index in [-0.39, 0.29) is 18.4 Å². The summed E-state index contributed by atoms with van der Waals surface area (Å²) < 4.78 is 5.40. The largest absolute Gasteiger partial charge is 0.484 e. The molecule has 1 N–H and O–H groups in total. The third-order valence-electron chi connectivity index (χ3n) is 3.79. The Morgan fingerprint density at radius 3 is 2.44 bits per heavy atom. The van der Waals surface area contributed by atoms with Crippen LogP contribution in [0.1, 0.15) is 18.1 Å². The zero-order valence-electron chi connectivity index (χ0n) is 14.9. The number of ether oxygens (including phenoxy) is 1. The Morgan fingerprint density at radius 1 is 1.08 bits per heavy atom. The van der Waals surface area contributed by atoms with Crippen molar-refractivity contribution in [2.75, 3.05) is 24.6 Å². The highest BCUT2D eigenvalue weighted by Gasteiger charge is 2.14. The smallest absolute Gasteiger partial charge is 0.258 e. The number of para-hydroxylation sites is 1. The van der Waals surface area contributed by atoms with Crippen LogP contribution >= 0.6 is 0 Å². The molecule has 0 aliphatic carbocycles. The van der Waals surface area contributed by atoms with E-state index in [9.17, 15) is 9.59 Å². The predicted octanol–water partition coefficient (Wildman–Crippen LogP) is 2.85. The molecule has 5 nitrogen and oxygen atoms in total. The maximum atomic E-state index is 12.0. The van der Waals surface area contributed by atoms with E-state index in [4.69, 9.17) is 4.74 Å². The van der Waals surface area contributed by atoms with E-state index in [0.717, 1.165) is 16.8 Å². The number of benzene rings is 2. The fourth-order valence-corrected chi connectivity index (χ4v) is 2.58. The number of nitrogens with one attached hydrogen (secondary N) is 1. The van der Waals surface area contributed by atoms with Crippen molar-refractivity contribution < 1.29 is 14.3 Å². The maximum absolute atomic E-state index is 12.0. The van der Waals surface area contributed by atoms with Crippen LogP contribution in [0.3, 0.4) is 0 Å². The molecule has 0 aromatic heterocycles. The van der Waals surface area contributed by atoms with Gasteiger partial charge in [0.1, 0.15) is 5.75 Å². The lowest BCUT2D eigenvalue weighted by Gasteiger charge is -2.23. The molecular weight excluding hydrogens is 316 g/mol. The van der Waals surface area contributed by atoms with E-state index < -0.39 is 0 Å². The topological polar surface area (TPSA) is 58.6 Å². The van der Waals surface area contributed by atoms with Gasteiger partial charge in [-0.15, -0.1) is 0 Å². The van der Waals surface area contributed by atoms with Crippen molar-refractivity contribution in [1.29, 1.82) is 0 Å². The molecule has 0 heterocycles. The molecule has 0 aliphatic rings. The van der Waals surface area contributed by atoms with Gasteiger partial charge >= 0.3 is 0 Å². The van der Waals surface area contributed by atoms with Crippen LogP contribution < -0.4 is 15.0 Å². The fourth-order valence-electron chi connectivity index (χ4n) is 2.58. The molecule has 2 aromatic carbocycles. The minimum Gasteiger partial charge on any atom is -0.484 e. The van der Waals surface area contributed by atoms with Crippen LogP contribution in [-0.4, -0.2) is 31.5 Å². The molecule has 0 radical (unpaired) electrons. The van der Waals surface area contributed by atoms with Crippen LogP contribution in [0.2, 0.25) is 0 Å². The average Bonchev–Trinajstić information content (AvgIpc) is 2.58. The molecule has 132 valence electrons. The maximum Gasteiger partial charge on any atom is 0.258 e. The molecule has 2 amide bonds. The van der Waals surface area contributed by atoms with Crippen molar-refractivity contribution in [3.05, 3.63) is 59.7 Å². The SMILES string of the molecule is CC(=O)N(CCNC(=O)COc1ccccc1)c1ccc(C)cc1C. The van der Waals surface area contributed by atoms with Gasteiger partial charge < -0.3 is 15.0 Å². The van der Waals surface area contributed by atoms with Crippen molar-refractivity contribution in [1.82, 2.24) is 5.32 Å². The molecular formula is C20H24N2O3. The molecule has 25 heavy (non-hydrogen) atoms. The second-order valence-electron chi connectivity index (χ2n) is 5.91. The van der Waals surface area contributed by atoms with E-state index in [0.29, 0.717) is 18.8 Å². The zero-order chi connectivity index (χ0) is 18.2. The van der Waals surface area contributed by atoms with Crippen LogP contribution in [0.15, 0.2) is 48.5 Å². The molecule has 2 aromatic rings. The highest BCUT2D eigenvalue weighted by atomic mass is 16.5. The number of carbonyl (C=O) groups is 2. The number of carbonyl (C=O) groups excluding carboxylic acids is 2. The first-order valence-electron chi connectivity index (χ1n) is 8.27. The molecule has 0 saturated heterocycles.